The van der Waals surface area contributed by atoms with Crippen LogP contribution in [0.4, 0.5) is 0 Å². The first-order valence-corrected chi connectivity index (χ1v) is 3.93. The molecule has 1 aromatic rings. The van der Waals surface area contributed by atoms with Crippen molar-refractivity contribution in [1.29, 1.82) is 0 Å². The summed E-state index contributed by atoms with van der Waals surface area (Å²) in [5.41, 5.74) is 0.824. The smallest absolute Gasteiger partial charge is 0.231 e. The first kappa shape index (κ1) is 7.28. The molecule has 1 heterocycles. The molecule has 0 atom stereocenters. The zero-order valence-corrected chi connectivity index (χ0v) is 6.83. The van der Waals surface area contributed by atoms with Crippen LogP contribution in [-0.2, 0) is 6.42 Å². The Bertz CT molecular complexity index is 307. The quantitative estimate of drug-likeness (QED) is 0.689. The lowest BCUT2D eigenvalue weighted by Crippen LogP contribution is -1.94. The van der Waals surface area contributed by atoms with E-state index in [9.17, 15) is 5.11 Å². The Kier molecular flexibility index (Phi) is 1.57. The summed E-state index contributed by atoms with van der Waals surface area (Å²) in [7, 11) is 0. The van der Waals surface area contributed by atoms with Gasteiger partial charge in [0, 0.05) is 5.56 Å². The first-order chi connectivity index (χ1) is 5.83. The van der Waals surface area contributed by atoms with Gasteiger partial charge in [-0.15, -0.1) is 0 Å². The Morgan fingerprint density at radius 3 is 3.00 bits per heavy atom. The SMILES string of the molecule is CCc1c(O)ccc2c1OCO2. The van der Waals surface area contributed by atoms with E-state index in [0.29, 0.717) is 5.75 Å². The van der Waals surface area contributed by atoms with Gasteiger partial charge in [0.25, 0.3) is 0 Å². The molecule has 64 valence electrons. The van der Waals surface area contributed by atoms with Gasteiger partial charge in [-0.25, -0.2) is 0 Å². The van der Waals surface area contributed by atoms with Gasteiger partial charge in [-0.2, -0.15) is 0 Å². The minimum atomic E-state index is 0.256. The molecule has 1 aliphatic heterocycles. The molecule has 0 aromatic heterocycles. The lowest BCUT2D eigenvalue weighted by atomic mass is 10.1. The molecule has 0 fully saturated rings. The van der Waals surface area contributed by atoms with Crippen LogP contribution in [0.25, 0.3) is 0 Å². The number of hydrogen-bond acceptors (Lipinski definition) is 3. The molecule has 0 saturated heterocycles. The van der Waals surface area contributed by atoms with Gasteiger partial charge < -0.3 is 14.6 Å². The Morgan fingerprint density at radius 2 is 2.25 bits per heavy atom. The highest BCUT2D eigenvalue weighted by Gasteiger charge is 2.18. The number of aromatic hydroxyl groups is 1. The van der Waals surface area contributed by atoms with E-state index in [2.05, 4.69) is 0 Å². The number of benzene rings is 1. The Hall–Kier alpha value is -1.38. The maximum absolute atomic E-state index is 9.44. The average Bonchev–Trinajstić information content (AvgIpc) is 2.52. The molecule has 1 aliphatic rings. The third kappa shape index (κ3) is 0.897. The molecule has 0 aliphatic carbocycles. The molecule has 0 spiro atoms. The molecule has 0 bridgehead atoms. The van der Waals surface area contributed by atoms with Gasteiger partial charge in [0.1, 0.15) is 5.75 Å². The molecule has 1 N–H and O–H groups in total. The van der Waals surface area contributed by atoms with Crippen LogP contribution in [0.15, 0.2) is 12.1 Å². The fourth-order valence-corrected chi connectivity index (χ4v) is 1.36. The highest BCUT2D eigenvalue weighted by Crippen LogP contribution is 2.40. The zero-order chi connectivity index (χ0) is 8.55. The highest BCUT2D eigenvalue weighted by molar-refractivity contribution is 5.54. The number of phenolic OH excluding ortho intramolecular Hbond substituents is 1. The van der Waals surface area contributed by atoms with Gasteiger partial charge in [0.05, 0.1) is 0 Å². The van der Waals surface area contributed by atoms with Crippen LogP contribution in [0.2, 0.25) is 0 Å². The van der Waals surface area contributed by atoms with Crippen LogP contribution in [0, 0.1) is 0 Å². The van der Waals surface area contributed by atoms with E-state index < -0.39 is 0 Å². The average molecular weight is 166 g/mol. The maximum Gasteiger partial charge on any atom is 0.231 e. The van der Waals surface area contributed by atoms with Crippen molar-refractivity contribution in [3.05, 3.63) is 17.7 Å². The van der Waals surface area contributed by atoms with Crippen LogP contribution in [0.1, 0.15) is 12.5 Å². The summed E-state index contributed by atoms with van der Waals surface area (Å²) in [5, 5.41) is 9.44. The predicted octanol–water partition coefficient (Wildman–Crippen LogP) is 1.68. The largest absolute Gasteiger partial charge is 0.508 e. The second-order valence-electron chi connectivity index (χ2n) is 2.65. The van der Waals surface area contributed by atoms with E-state index >= 15 is 0 Å². The summed E-state index contributed by atoms with van der Waals surface area (Å²) in [6.45, 7) is 2.22. The van der Waals surface area contributed by atoms with Crippen LogP contribution >= 0.6 is 0 Å². The molecular weight excluding hydrogens is 156 g/mol. The summed E-state index contributed by atoms with van der Waals surface area (Å²) in [5.74, 6) is 1.70. The maximum atomic E-state index is 9.44. The molecule has 12 heavy (non-hydrogen) atoms. The zero-order valence-electron chi connectivity index (χ0n) is 6.83. The lowest BCUT2D eigenvalue weighted by molar-refractivity contribution is 0.173. The Balaban J connectivity index is 2.57. The van der Waals surface area contributed by atoms with E-state index in [1.54, 1.807) is 12.1 Å². The van der Waals surface area contributed by atoms with Crippen molar-refractivity contribution >= 4 is 0 Å². The van der Waals surface area contributed by atoms with Crippen LogP contribution in [0.5, 0.6) is 17.2 Å². The van der Waals surface area contributed by atoms with E-state index in [1.807, 2.05) is 6.92 Å². The van der Waals surface area contributed by atoms with Gasteiger partial charge >= 0.3 is 0 Å². The topological polar surface area (TPSA) is 38.7 Å². The molecule has 3 nitrogen and oxygen atoms in total. The number of fused-ring (bicyclic) bond motifs is 1. The molecule has 0 radical (unpaired) electrons. The van der Waals surface area contributed by atoms with Crippen molar-refractivity contribution in [1.82, 2.24) is 0 Å². The van der Waals surface area contributed by atoms with E-state index in [4.69, 9.17) is 9.47 Å². The summed E-state index contributed by atoms with van der Waals surface area (Å²) in [6, 6.07) is 3.35. The lowest BCUT2D eigenvalue weighted by Gasteiger charge is -2.04. The fraction of sp³-hybridized carbons (Fsp3) is 0.333. The van der Waals surface area contributed by atoms with Crippen LogP contribution in [-0.4, -0.2) is 11.9 Å². The number of hydrogen-bond donors (Lipinski definition) is 1. The fourth-order valence-electron chi connectivity index (χ4n) is 1.36. The van der Waals surface area contributed by atoms with Crippen molar-refractivity contribution < 1.29 is 14.6 Å². The third-order valence-corrected chi connectivity index (χ3v) is 1.97. The van der Waals surface area contributed by atoms with Crippen LogP contribution in [0.3, 0.4) is 0 Å². The van der Waals surface area contributed by atoms with Crippen molar-refractivity contribution in [3.8, 4) is 17.2 Å². The second kappa shape index (κ2) is 2.59. The summed E-state index contributed by atoms with van der Waals surface area (Å²) < 4.78 is 10.4. The molecule has 0 amide bonds. The minimum Gasteiger partial charge on any atom is -0.508 e. The van der Waals surface area contributed by atoms with Crippen molar-refractivity contribution in [2.75, 3.05) is 6.79 Å². The van der Waals surface area contributed by atoms with Gasteiger partial charge in [-0.1, -0.05) is 6.92 Å². The van der Waals surface area contributed by atoms with Crippen molar-refractivity contribution in [2.24, 2.45) is 0 Å². The number of rotatable bonds is 1. The minimum absolute atomic E-state index is 0.256. The van der Waals surface area contributed by atoms with Gasteiger partial charge in [-0.3, -0.25) is 0 Å². The van der Waals surface area contributed by atoms with E-state index in [0.717, 1.165) is 17.7 Å². The van der Waals surface area contributed by atoms with Crippen molar-refractivity contribution in [3.63, 3.8) is 0 Å². The van der Waals surface area contributed by atoms with Gasteiger partial charge in [0.2, 0.25) is 6.79 Å². The number of ether oxygens (including phenoxy) is 2. The summed E-state index contributed by atoms with van der Waals surface area (Å²) in [6.07, 6.45) is 0.748. The molecular formula is C9H10O3. The summed E-state index contributed by atoms with van der Waals surface area (Å²) in [4.78, 5) is 0. The number of phenols is 1. The Morgan fingerprint density at radius 1 is 1.42 bits per heavy atom. The third-order valence-electron chi connectivity index (χ3n) is 1.97. The monoisotopic (exact) mass is 166 g/mol. The van der Waals surface area contributed by atoms with Crippen LogP contribution < -0.4 is 9.47 Å². The molecule has 0 unspecified atom stereocenters. The summed E-state index contributed by atoms with van der Waals surface area (Å²) >= 11 is 0. The van der Waals surface area contributed by atoms with Crippen molar-refractivity contribution in [2.45, 2.75) is 13.3 Å². The standard InChI is InChI=1S/C9H10O3/c1-2-6-7(10)3-4-8-9(6)12-5-11-8/h3-4,10H,2,5H2,1H3. The molecule has 3 heteroatoms. The van der Waals surface area contributed by atoms with Gasteiger partial charge in [0.15, 0.2) is 11.5 Å². The highest BCUT2D eigenvalue weighted by atomic mass is 16.7. The normalized spacial score (nSPS) is 13.4. The Labute approximate surface area is 70.5 Å². The molecule has 1 aromatic carbocycles. The molecule has 0 saturated carbocycles. The van der Waals surface area contributed by atoms with E-state index in [-0.39, 0.29) is 12.5 Å². The van der Waals surface area contributed by atoms with Gasteiger partial charge in [-0.05, 0) is 18.6 Å². The van der Waals surface area contributed by atoms with E-state index in [1.165, 1.54) is 0 Å². The predicted molar refractivity (Wildman–Crippen MR) is 43.6 cm³/mol. The second-order valence-corrected chi connectivity index (χ2v) is 2.65. The first-order valence-electron chi connectivity index (χ1n) is 3.93. The molecule has 2 rings (SSSR count).